The molecule has 2 aliphatic rings. The summed E-state index contributed by atoms with van der Waals surface area (Å²) in [4.78, 5) is 6.50. The summed E-state index contributed by atoms with van der Waals surface area (Å²) in [6, 6.07) is 4.58. The standard InChI is InChI=1S/C10H12ClN3/c11-10-2-1-8(4-13-10)14-6-7-3-12-5-9(7)14/h1-2,4,7,9,12H,3,5-6H2/t7-,9-/m1/s1. The van der Waals surface area contributed by atoms with Gasteiger partial charge in [-0.1, -0.05) is 11.6 Å². The first-order valence-electron chi connectivity index (χ1n) is 4.93. The van der Waals surface area contributed by atoms with E-state index in [0.29, 0.717) is 11.2 Å². The molecule has 1 N–H and O–H groups in total. The number of halogens is 1. The molecule has 0 unspecified atom stereocenters. The molecule has 14 heavy (non-hydrogen) atoms. The number of hydrogen-bond acceptors (Lipinski definition) is 3. The Hall–Kier alpha value is -0.800. The van der Waals surface area contributed by atoms with E-state index >= 15 is 0 Å². The predicted octanol–water partition coefficient (Wildman–Crippen LogP) is 1.14. The molecular weight excluding hydrogens is 198 g/mol. The molecule has 1 aromatic heterocycles. The Morgan fingerprint density at radius 1 is 1.43 bits per heavy atom. The van der Waals surface area contributed by atoms with Crippen LogP contribution in [0, 0.1) is 5.92 Å². The lowest BCUT2D eigenvalue weighted by atomic mass is 9.91. The van der Waals surface area contributed by atoms with E-state index in [1.54, 1.807) is 0 Å². The van der Waals surface area contributed by atoms with E-state index < -0.39 is 0 Å². The van der Waals surface area contributed by atoms with Crippen molar-refractivity contribution in [2.24, 2.45) is 5.92 Å². The van der Waals surface area contributed by atoms with Crippen LogP contribution in [0.3, 0.4) is 0 Å². The van der Waals surface area contributed by atoms with Crippen molar-refractivity contribution in [3.05, 3.63) is 23.5 Å². The second kappa shape index (κ2) is 3.11. The van der Waals surface area contributed by atoms with Crippen molar-refractivity contribution < 1.29 is 0 Å². The van der Waals surface area contributed by atoms with Gasteiger partial charge in [0.2, 0.25) is 0 Å². The molecule has 3 heterocycles. The van der Waals surface area contributed by atoms with Crippen LogP contribution in [0.15, 0.2) is 18.3 Å². The third-order valence-corrected chi connectivity index (χ3v) is 3.40. The average molecular weight is 210 g/mol. The summed E-state index contributed by atoms with van der Waals surface area (Å²) >= 11 is 5.75. The molecule has 0 radical (unpaired) electrons. The number of anilines is 1. The van der Waals surface area contributed by atoms with Gasteiger partial charge in [0.25, 0.3) is 0 Å². The molecule has 2 atom stereocenters. The Morgan fingerprint density at radius 3 is 3.07 bits per heavy atom. The molecule has 1 aromatic rings. The van der Waals surface area contributed by atoms with Crippen molar-refractivity contribution >= 4 is 17.3 Å². The maximum absolute atomic E-state index is 5.75. The molecule has 0 aliphatic carbocycles. The van der Waals surface area contributed by atoms with Crippen molar-refractivity contribution in [2.45, 2.75) is 6.04 Å². The number of fused-ring (bicyclic) bond motifs is 1. The second-order valence-corrected chi connectivity index (χ2v) is 4.36. The topological polar surface area (TPSA) is 28.2 Å². The lowest BCUT2D eigenvalue weighted by Crippen LogP contribution is -2.55. The van der Waals surface area contributed by atoms with Gasteiger partial charge in [0.1, 0.15) is 5.15 Å². The Balaban J connectivity index is 1.80. The van der Waals surface area contributed by atoms with Gasteiger partial charge in [0.05, 0.1) is 11.9 Å². The van der Waals surface area contributed by atoms with Gasteiger partial charge in [-0.05, 0) is 12.1 Å². The minimum absolute atomic E-state index is 0.565. The maximum Gasteiger partial charge on any atom is 0.129 e. The molecule has 0 bridgehead atoms. The highest BCUT2D eigenvalue weighted by molar-refractivity contribution is 6.29. The number of rotatable bonds is 1. The highest BCUT2D eigenvalue weighted by Crippen LogP contribution is 2.32. The van der Waals surface area contributed by atoms with Crippen LogP contribution in [-0.4, -0.2) is 30.7 Å². The highest BCUT2D eigenvalue weighted by atomic mass is 35.5. The zero-order valence-corrected chi connectivity index (χ0v) is 8.54. The van der Waals surface area contributed by atoms with Gasteiger partial charge in [0.15, 0.2) is 0 Å². The third kappa shape index (κ3) is 1.20. The average Bonchev–Trinajstić information content (AvgIpc) is 2.52. The van der Waals surface area contributed by atoms with Crippen molar-refractivity contribution in [1.82, 2.24) is 10.3 Å². The predicted molar refractivity (Wildman–Crippen MR) is 56.7 cm³/mol. The number of nitrogens with one attached hydrogen (secondary N) is 1. The van der Waals surface area contributed by atoms with Crippen LogP contribution in [0.1, 0.15) is 0 Å². The first-order chi connectivity index (χ1) is 6.84. The smallest absolute Gasteiger partial charge is 0.129 e. The first kappa shape index (κ1) is 8.50. The van der Waals surface area contributed by atoms with Crippen LogP contribution in [0.25, 0.3) is 0 Å². The Bertz CT molecular complexity index is 338. The molecule has 3 rings (SSSR count). The summed E-state index contributed by atoms with van der Waals surface area (Å²) in [6.45, 7) is 3.43. The van der Waals surface area contributed by atoms with Gasteiger partial charge in [-0.25, -0.2) is 4.98 Å². The fraction of sp³-hybridized carbons (Fsp3) is 0.500. The summed E-state index contributed by atoms with van der Waals surface area (Å²) in [7, 11) is 0. The second-order valence-electron chi connectivity index (χ2n) is 3.98. The quantitative estimate of drug-likeness (QED) is 0.704. The zero-order chi connectivity index (χ0) is 9.54. The normalized spacial score (nSPS) is 29.9. The Labute approximate surface area is 88.1 Å². The van der Waals surface area contributed by atoms with Gasteiger partial charge >= 0.3 is 0 Å². The Kier molecular flexibility index (Phi) is 1.89. The minimum atomic E-state index is 0.565. The molecule has 3 nitrogen and oxygen atoms in total. The number of pyridine rings is 1. The lowest BCUT2D eigenvalue weighted by molar-refractivity contribution is 0.365. The molecular formula is C10H12ClN3. The highest BCUT2D eigenvalue weighted by Gasteiger charge is 2.42. The molecule has 74 valence electrons. The van der Waals surface area contributed by atoms with Crippen LogP contribution in [0.5, 0.6) is 0 Å². The fourth-order valence-corrected chi connectivity index (χ4v) is 2.47. The largest absolute Gasteiger partial charge is 0.365 e. The van der Waals surface area contributed by atoms with E-state index in [1.165, 1.54) is 12.2 Å². The van der Waals surface area contributed by atoms with Crippen LogP contribution < -0.4 is 10.2 Å². The number of aromatic nitrogens is 1. The van der Waals surface area contributed by atoms with Crippen molar-refractivity contribution in [2.75, 3.05) is 24.5 Å². The van der Waals surface area contributed by atoms with E-state index in [1.807, 2.05) is 18.3 Å². The Morgan fingerprint density at radius 2 is 2.36 bits per heavy atom. The molecule has 0 amide bonds. The molecule has 4 heteroatoms. The minimum Gasteiger partial charge on any atom is -0.365 e. The van der Waals surface area contributed by atoms with Crippen LogP contribution in [-0.2, 0) is 0 Å². The monoisotopic (exact) mass is 209 g/mol. The van der Waals surface area contributed by atoms with E-state index in [2.05, 4.69) is 15.2 Å². The van der Waals surface area contributed by atoms with Crippen molar-refractivity contribution in [3.63, 3.8) is 0 Å². The SMILES string of the molecule is Clc1ccc(N2C[C@H]3CNC[C@H]32)cn1. The van der Waals surface area contributed by atoms with Crippen LogP contribution >= 0.6 is 11.6 Å². The number of hydrogen-bond donors (Lipinski definition) is 1. The van der Waals surface area contributed by atoms with Crippen LogP contribution in [0.2, 0.25) is 5.15 Å². The van der Waals surface area contributed by atoms with Gasteiger partial charge in [0, 0.05) is 31.6 Å². The van der Waals surface area contributed by atoms with E-state index in [-0.39, 0.29) is 0 Å². The molecule has 2 saturated heterocycles. The van der Waals surface area contributed by atoms with E-state index in [0.717, 1.165) is 19.0 Å². The summed E-state index contributed by atoms with van der Waals surface area (Å²) in [6.07, 6.45) is 1.86. The molecule has 0 saturated carbocycles. The van der Waals surface area contributed by atoms with Crippen molar-refractivity contribution in [1.29, 1.82) is 0 Å². The van der Waals surface area contributed by atoms with E-state index in [9.17, 15) is 0 Å². The molecule has 0 spiro atoms. The number of nitrogens with zero attached hydrogens (tertiary/aromatic N) is 2. The van der Waals surface area contributed by atoms with E-state index in [4.69, 9.17) is 11.6 Å². The molecule has 2 aliphatic heterocycles. The summed E-state index contributed by atoms with van der Waals surface area (Å²) in [5, 5.41) is 3.97. The van der Waals surface area contributed by atoms with Crippen molar-refractivity contribution in [3.8, 4) is 0 Å². The molecule has 0 aromatic carbocycles. The first-order valence-corrected chi connectivity index (χ1v) is 5.31. The maximum atomic E-state index is 5.75. The summed E-state index contributed by atoms with van der Waals surface area (Å²) < 4.78 is 0. The summed E-state index contributed by atoms with van der Waals surface area (Å²) in [5.74, 6) is 0.839. The molecule has 2 fully saturated rings. The van der Waals surface area contributed by atoms with Gasteiger partial charge < -0.3 is 10.2 Å². The van der Waals surface area contributed by atoms with Gasteiger partial charge in [-0.2, -0.15) is 0 Å². The van der Waals surface area contributed by atoms with Gasteiger partial charge in [-0.3, -0.25) is 0 Å². The third-order valence-electron chi connectivity index (χ3n) is 3.18. The zero-order valence-electron chi connectivity index (χ0n) is 7.78. The fourth-order valence-electron chi connectivity index (χ4n) is 2.36. The summed E-state index contributed by atoms with van der Waals surface area (Å²) in [5.41, 5.74) is 1.19. The van der Waals surface area contributed by atoms with Gasteiger partial charge in [-0.15, -0.1) is 0 Å². The lowest BCUT2D eigenvalue weighted by Gasteiger charge is -2.45. The van der Waals surface area contributed by atoms with Crippen LogP contribution in [0.4, 0.5) is 5.69 Å².